The average molecular weight is 300 g/mol. The Hall–Kier alpha value is -2.80. The molecular formula is C14H8N2O4S. The molecule has 0 saturated carbocycles. The smallest absolute Gasteiger partial charge is 0.363 e. The van der Waals surface area contributed by atoms with Gasteiger partial charge in [-0.1, -0.05) is 0 Å². The number of benzene rings is 1. The van der Waals surface area contributed by atoms with E-state index in [9.17, 15) is 14.9 Å². The van der Waals surface area contributed by atoms with E-state index in [0.717, 1.165) is 5.56 Å². The highest BCUT2D eigenvalue weighted by Gasteiger charge is 2.24. The van der Waals surface area contributed by atoms with Crippen LogP contribution >= 0.6 is 11.3 Å². The lowest BCUT2D eigenvalue weighted by Gasteiger charge is -1.98. The molecule has 1 aromatic carbocycles. The Morgan fingerprint density at radius 2 is 2.00 bits per heavy atom. The third-order valence-corrected chi connectivity index (χ3v) is 3.49. The fourth-order valence-corrected chi connectivity index (χ4v) is 2.39. The third kappa shape index (κ3) is 2.72. The topological polar surface area (TPSA) is 81.8 Å². The van der Waals surface area contributed by atoms with E-state index < -0.39 is 10.9 Å². The van der Waals surface area contributed by atoms with Gasteiger partial charge in [0.1, 0.15) is 0 Å². The molecule has 6 nitrogen and oxygen atoms in total. The predicted molar refractivity (Wildman–Crippen MR) is 78.0 cm³/mol. The van der Waals surface area contributed by atoms with Crippen molar-refractivity contribution in [2.24, 2.45) is 4.99 Å². The van der Waals surface area contributed by atoms with Crippen molar-refractivity contribution in [3.05, 3.63) is 68.0 Å². The van der Waals surface area contributed by atoms with E-state index in [0.29, 0.717) is 5.56 Å². The number of nitro benzene ring substituents is 1. The zero-order chi connectivity index (χ0) is 14.8. The highest BCUT2D eigenvalue weighted by Crippen LogP contribution is 2.21. The van der Waals surface area contributed by atoms with Crippen molar-refractivity contribution in [2.45, 2.75) is 0 Å². The molecule has 3 rings (SSSR count). The first-order valence-electron chi connectivity index (χ1n) is 5.93. The van der Waals surface area contributed by atoms with Crippen LogP contribution in [0.2, 0.25) is 0 Å². The number of rotatable bonds is 3. The van der Waals surface area contributed by atoms with Gasteiger partial charge in [0.25, 0.3) is 5.69 Å². The minimum atomic E-state index is -0.533. The van der Waals surface area contributed by atoms with Crippen molar-refractivity contribution in [1.29, 1.82) is 0 Å². The van der Waals surface area contributed by atoms with Gasteiger partial charge in [-0.15, -0.1) is 0 Å². The molecular weight excluding hydrogens is 292 g/mol. The van der Waals surface area contributed by atoms with Gasteiger partial charge < -0.3 is 4.74 Å². The summed E-state index contributed by atoms with van der Waals surface area (Å²) >= 11 is 1.52. The molecule has 0 radical (unpaired) electrons. The molecule has 0 amide bonds. The summed E-state index contributed by atoms with van der Waals surface area (Å²) in [6.07, 6.45) is 1.64. The molecule has 0 saturated heterocycles. The van der Waals surface area contributed by atoms with Crippen LogP contribution in [0.5, 0.6) is 0 Å². The van der Waals surface area contributed by atoms with Gasteiger partial charge in [0.05, 0.1) is 4.92 Å². The molecule has 21 heavy (non-hydrogen) atoms. The zero-order valence-electron chi connectivity index (χ0n) is 10.6. The number of nitro groups is 1. The second-order valence-corrected chi connectivity index (χ2v) is 4.98. The Kier molecular flexibility index (Phi) is 3.33. The second kappa shape index (κ2) is 5.29. The molecule has 104 valence electrons. The van der Waals surface area contributed by atoms with E-state index in [1.807, 2.05) is 16.8 Å². The van der Waals surface area contributed by atoms with Gasteiger partial charge in [0, 0.05) is 17.7 Å². The number of esters is 1. The molecule has 7 heteroatoms. The molecule has 2 aromatic rings. The molecule has 0 fully saturated rings. The number of carbonyl (C=O) groups excluding carboxylic acids is 1. The van der Waals surface area contributed by atoms with Gasteiger partial charge >= 0.3 is 5.97 Å². The molecule has 0 spiro atoms. The Balaban J connectivity index is 1.89. The van der Waals surface area contributed by atoms with Gasteiger partial charge in [-0.05, 0) is 40.6 Å². The minimum Gasteiger partial charge on any atom is -0.402 e. The van der Waals surface area contributed by atoms with E-state index >= 15 is 0 Å². The van der Waals surface area contributed by atoms with Crippen molar-refractivity contribution in [3.8, 4) is 0 Å². The van der Waals surface area contributed by atoms with Crippen molar-refractivity contribution in [3.63, 3.8) is 0 Å². The van der Waals surface area contributed by atoms with E-state index in [1.54, 1.807) is 6.08 Å². The SMILES string of the molecule is O=C1OC(c2ccc([N+](=O)[O-])cc2)=N/C1=C\c1ccsc1. The predicted octanol–water partition coefficient (Wildman–Crippen LogP) is 3.00. The molecule has 2 heterocycles. The number of nitrogens with zero attached hydrogens (tertiary/aromatic N) is 2. The minimum absolute atomic E-state index is 0.0299. The van der Waals surface area contributed by atoms with Crippen LogP contribution in [0.25, 0.3) is 6.08 Å². The first kappa shape index (κ1) is 13.2. The lowest BCUT2D eigenvalue weighted by Crippen LogP contribution is -2.05. The first-order chi connectivity index (χ1) is 10.1. The standard InChI is InChI=1S/C14H8N2O4S/c17-14-12(7-9-5-6-21-8-9)15-13(20-14)10-1-3-11(4-2-10)16(18)19/h1-8H/b12-7-. The average Bonchev–Trinajstić information content (AvgIpc) is 3.10. The maximum absolute atomic E-state index is 11.7. The largest absolute Gasteiger partial charge is 0.402 e. The molecule has 1 aromatic heterocycles. The van der Waals surface area contributed by atoms with Crippen molar-refractivity contribution >= 4 is 35.0 Å². The number of hydrogen-bond acceptors (Lipinski definition) is 6. The maximum Gasteiger partial charge on any atom is 0.363 e. The number of aliphatic imine (C=N–C) groups is 1. The lowest BCUT2D eigenvalue weighted by atomic mass is 10.2. The van der Waals surface area contributed by atoms with E-state index in [4.69, 9.17) is 4.74 Å². The Morgan fingerprint density at radius 1 is 1.24 bits per heavy atom. The van der Waals surface area contributed by atoms with Gasteiger partial charge in [-0.25, -0.2) is 9.79 Å². The lowest BCUT2D eigenvalue weighted by molar-refractivity contribution is -0.384. The first-order valence-corrected chi connectivity index (χ1v) is 6.87. The molecule has 1 aliphatic rings. The molecule has 0 aliphatic carbocycles. The van der Waals surface area contributed by atoms with Crippen LogP contribution in [0.15, 0.2) is 51.8 Å². The molecule has 0 bridgehead atoms. The van der Waals surface area contributed by atoms with Gasteiger partial charge in [0.2, 0.25) is 5.90 Å². The zero-order valence-corrected chi connectivity index (χ0v) is 11.4. The summed E-state index contributed by atoms with van der Waals surface area (Å²) in [5, 5.41) is 14.4. The number of cyclic esters (lactones) is 1. The monoisotopic (exact) mass is 300 g/mol. The quantitative estimate of drug-likeness (QED) is 0.377. The third-order valence-electron chi connectivity index (χ3n) is 2.79. The summed E-state index contributed by atoms with van der Waals surface area (Å²) in [6, 6.07) is 7.54. The van der Waals surface area contributed by atoms with E-state index in [2.05, 4.69) is 4.99 Å². The van der Waals surface area contributed by atoms with E-state index in [-0.39, 0.29) is 17.3 Å². The van der Waals surface area contributed by atoms with Crippen LogP contribution in [0.1, 0.15) is 11.1 Å². The summed E-state index contributed by atoms with van der Waals surface area (Å²) in [4.78, 5) is 26.0. The van der Waals surface area contributed by atoms with Crippen LogP contribution in [-0.4, -0.2) is 16.8 Å². The summed E-state index contributed by atoms with van der Waals surface area (Å²) in [5.41, 5.74) is 1.57. The molecule has 0 atom stereocenters. The number of non-ortho nitro benzene ring substituents is 1. The molecule has 0 unspecified atom stereocenters. The molecule has 0 N–H and O–H groups in total. The van der Waals surface area contributed by atoms with Gasteiger partial charge in [-0.2, -0.15) is 11.3 Å². The van der Waals surface area contributed by atoms with Gasteiger partial charge in [0.15, 0.2) is 5.70 Å². The van der Waals surface area contributed by atoms with Crippen molar-refractivity contribution in [2.75, 3.05) is 0 Å². The normalized spacial score (nSPS) is 15.9. The second-order valence-electron chi connectivity index (χ2n) is 4.20. The number of thiophene rings is 1. The van der Waals surface area contributed by atoms with Crippen LogP contribution < -0.4 is 0 Å². The Morgan fingerprint density at radius 3 is 2.62 bits per heavy atom. The number of hydrogen-bond donors (Lipinski definition) is 0. The van der Waals surface area contributed by atoms with Crippen LogP contribution in [0, 0.1) is 10.1 Å². The van der Waals surface area contributed by atoms with Crippen LogP contribution in [-0.2, 0) is 9.53 Å². The summed E-state index contributed by atoms with van der Waals surface area (Å²) in [7, 11) is 0. The highest BCUT2D eigenvalue weighted by atomic mass is 32.1. The fraction of sp³-hybridized carbons (Fsp3) is 0. The van der Waals surface area contributed by atoms with Crippen LogP contribution in [0.4, 0.5) is 5.69 Å². The van der Waals surface area contributed by atoms with E-state index in [1.165, 1.54) is 35.6 Å². The molecule has 1 aliphatic heterocycles. The summed E-state index contributed by atoms with van der Waals surface area (Å²) in [6.45, 7) is 0. The van der Waals surface area contributed by atoms with Crippen LogP contribution in [0.3, 0.4) is 0 Å². The summed E-state index contributed by atoms with van der Waals surface area (Å²) < 4.78 is 5.09. The number of ether oxygens (including phenoxy) is 1. The maximum atomic E-state index is 11.7. The Labute approximate surface area is 123 Å². The summed E-state index contributed by atoms with van der Waals surface area (Å²) in [5.74, 6) is -0.383. The highest BCUT2D eigenvalue weighted by molar-refractivity contribution is 7.08. The van der Waals surface area contributed by atoms with Crippen molar-refractivity contribution < 1.29 is 14.5 Å². The van der Waals surface area contributed by atoms with Gasteiger partial charge in [-0.3, -0.25) is 10.1 Å². The van der Waals surface area contributed by atoms with Crippen molar-refractivity contribution in [1.82, 2.24) is 0 Å². The fourth-order valence-electron chi connectivity index (χ4n) is 1.77. The number of carbonyl (C=O) groups is 1. The Bertz CT molecular complexity index is 761.